The predicted molar refractivity (Wildman–Crippen MR) is 83.6 cm³/mol. The summed E-state index contributed by atoms with van der Waals surface area (Å²) >= 11 is 0. The van der Waals surface area contributed by atoms with Crippen LogP contribution in [0.1, 0.15) is 13.8 Å². The minimum Gasteiger partial charge on any atom is -0.668 e. The first-order valence-corrected chi connectivity index (χ1v) is 6.62. The number of carbonyl (C=O) groups is 5. The van der Waals surface area contributed by atoms with Gasteiger partial charge in [-0.25, -0.2) is 19.2 Å². The Morgan fingerprint density at radius 1 is 0.769 bits per heavy atom. The van der Waals surface area contributed by atoms with Gasteiger partial charge in [0.15, 0.2) is 0 Å². The molecule has 26 heavy (non-hydrogen) atoms. The van der Waals surface area contributed by atoms with Crippen molar-refractivity contribution in [1.82, 2.24) is 0 Å². The number of ether oxygens (including phenoxy) is 2. The normalized spacial score (nSPS) is 8.88. The van der Waals surface area contributed by atoms with Crippen LogP contribution in [-0.2, 0) is 50.5 Å². The van der Waals surface area contributed by atoms with Gasteiger partial charge in [0.2, 0.25) is 0 Å². The number of aliphatic carboxylic acids is 3. The van der Waals surface area contributed by atoms with Crippen molar-refractivity contribution in [3.63, 3.8) is 0 Å². The van der Waals surface area contributed by atoms with Crippen LogP contribution in [-0.4, -0.2) is 64.9 Å². The van der Waals surface area contributed by atoms with Gasteiger partial charge in [-0.05, 0) is 13.8 Å². The number of esters is 2. The zero-order chi connectivity index (χ0) is 20.3. The molecule has 11 nitrogen and oxygen atoms in total. The van der Waals surface area contributed by atoms with Gasteiger partial charge in [-0.3, -0.25) is 4.79 Å². The quantitative estimate of drug-likeness (QED) is 0.299. The number of carboxylic acids is 3. The van der Waals surface area contributed by atoms with E-state index >= 15 is 0 Å². The molecule has 0 unspecified atom stereocenters. The van der Waals surface area contributed by atoms with Crippen molar-refractivity contribution < 1.29 is 65.8 Å². The van der Waals surface area contributed by atoms with E-state index in [4.69, 9.17) is 21.1 Å². The molecular weight excluding hydrogens is 397 g/mol. The van der Waals surface area contributed by atoms with Gasteiger partial charge in [-0.1, -0.05) is 6.54 Å². The predicted octanol–water partition coefficient (Wildman–Crippen LogP) is 0.501. The Bertz CT molecular complexity index is 464. The smallest absolute Gasteiger partial charge is 0.330 e. The van der Waals surface area contributed by atoms with Gasteiger partial charge in [0, 0.05) is 41.4 Å². The minimum absolute atomic E-state index is 0. The fourth-order valence-electron chi connectivity index (χ4n) is 0.659. The molecule has 0 saturated heterocycles. The molecule has 0 aliphatic heterocycles. The Labute approximate surface area is 159 Å². The fraction of sp³-hybridized carbons (Fsp3) is 0.357. The molecule has 0 heterocycles. The molecule has 1 radical (unpaired) electrons. The first-order chi connectivity index (χ1) is 11.6. The molecule has 0 aromatic rings. The zero-order valence-corrected chi connectivity index (χ0v) is 15.2. The number of nitrogens with one attached hydrogen (secondary N) is 1. The summed E-state index contributed by atoms with van der Waals surface area (Å²) in [6.45, 7) is 3.27. The molecule has 0 aromatic heterocycles. The Balaban J connectivity index is -0.000000145. The summed E-state index contributed by atoms with van der Waals surface area (Å²) in [5, 5.41) is 23.6. The number of carbonyl (C=O) groups excluding carboxylic acids is 2. The number of hydrogen-bond donors (Lipinski definition) is 3. The second-order valence-corrected chi connectivity index (χ2v) is 3.42. The molecule has 0 spiro atoms. The van der Waals surface area contributed by atoms with Crippen molar-refractivity contribution in [2.75, 3.05) is 19.8 Å². The Morgan fingerprint density at radius 2 is 1.04 bits per heavy atom. The average Bonchev–Trinajstić information content (AvgIpc) is 2.52. The largest absolute Gasteiger partial charge is 0.668 e. The second-order valence-electron chi connectivity index (χ2n) is 3.42. The van der Waals surface area contributed by atoms with Crippen molar-refractivity contribution >= 4 is 29.8 Å². The molecule has 0 bridgehead atoms. The van der Waals surface area contributed by atoms with Crippen LogP contribution in [0.15, 0.2) is 24.3 Å². The Hall–Kier alpha value is -2.69. The SMILES string of the molecule is CCOC(=O)C=CC(=O)O.CCOC(=O)C=CC(=O)O.[Mn].[NH-]CC(=O)O. The van der Waals surface area contributed by atoms with Gasteiger partial charge in [0.25, 0.3) is 5.97 Å². The van der Waals surface area contributed by atoms with Gasteiger partial charge in [0.1, 0.15) is 0 Å². The maximum atomic E-state index is 10.4. The molecule has 0 saturated carbocycles. The first-order valence-electron chi connectivity index (χ1n) is 6.62. The Morgan fingerprint density at radius 3 is 1.19 bits per heavy atom. The van der Waals surface area contributed by atoms with Crippen molar-refractivity contribution in [1.29, 1.82) is 0 Å². The standard InChI is InChI=1S/2C6H8O4.C2H4NO2.Mn/c2*1-2-10-6(9)4-3-5(7)8;3-1-2(4)5;/h2*3-4H,2H2,1H3,(H,7,8);3H,1H2,(H,4,5);/q;;-1;. The van der Waals surface area contributed by atoms with Crippen LogP contribution in [0, 0.1) is 0 Å². The van der Waals surface area contributed by atoms with E-state index in [1.54, 1.807) is 13.8 Å². The minimum atomic E-state index is -1.16. The third-order valence-corrected chi connectivity index (χ3v) is 1.45. The topological polar surface area (TPSA) is 188 Å². The summed E-state index contributed by atoms with van der Waals surface area (Å²) in [7, 11) is 0. The van der Waals surface area contributed by atoms with E-state index in [1.165, 1.54) is 0 Å². The first kappa shape index (κ1) is 31.1. The number of carboxylic acid groups (broad SMARTS) is 3. The van der Waals surface area contributed by atoms with Gasteiger partial charge < -0.3 is 30.5 Å². The maximum absolute atomic E-state index is 10.4. The van der Waals surface area contributed by atoms with Crippen molar-refractivity contribution in [3.8, 4) is 0 Å². The molecule has 0 aliphatic rings. The summed E-state index contributed by atoms with van der Waals surface area (Å²) < 4.78 is 8.81. The summed E-state index contributed by atoms with van der Waals surface area (Å²) in [4.78, 5) is 49.6. The molecule has 0 rings (SSSR count). The van der Waals surface area contributed by atoms with E-state index in [9.17, 15) is 24.0 Å². The van der Waals surface area contributed by atoms with E-state index in [2.05, 4.69) is 9.47 Å². The third-order valence-electron chi connectivity index (χ3n) is 1.45. The summed E-state index contributed by atoms with van der Waals surface area (Å²) in [6.07, 6.45) is 3.20. The van der Waals surface area contributed by atoms with Crippen LogP contribution < -0.4 is 0 Å². The van der Waals surface area contributed by atoms with E-state index in [0.29, 0.717) is 0 Å². The summed E-state index contributed by atoms with van der Waals surface area (Å²) in [5.41, 5.74) is 6.06. The second kappa shape index (κ2) is 22.3. The van der Waals surface area contributed by atoms with Crippen molar-refractivity contribution in [3.05, 3.63) is 30.0 Å². The molecule has 0 aliphatic carbocycles. The van der Waals surface area contributed by atoms with Crippen LogP contribution in [0.4, 0.5) is 0 Å². The molecule has 0 atom stereocenters. The van der Waals surface area contributed by atoms with E-state index < -0.39 is 36.4 Å². The van der Waals surface area contributed by atoms with Crippen LogP contribution >= 0.6 is 0 Å². The number of hydrogen-bond acceptors (Lipinski definition) is 7. The van der Waals surface area contributed by atoms with Crippen LogP contribution in [0.3, 0.4) is 0 Å². The van der Waals surface area contributed by atoms with Crippen molar-refractivity contribution in [2.45, 2.75) is 13.8 Å². The van der Waals surface area contributed by atoms with Crippen LogP contribution in [0.2, 0.25) is 0 Å². The van der Waals surface area contributed by atoms with Crippen molar-refractivity contribution in [2.24, 2.45) is 0 Å². The molecule has 12 heteroatoms. The zero-order valence-electron chi connectivity index (χ0n) is 14.0. The van der Waals surface area contributed by atoms with E-state index in [1.807, 2.05) is 0 Å². The third kappa shape index (κ3) is 37.5. The summed E-state index contributed by atoms with van der Waals surface area (Å²) in [6, 6.07) is 0. The van der Waals surface area contributed by atoms with Crippen LogP contribution in [0.25, 0.3) is 5.73 Å². The van der Waals surface area contributed by atoms with Gasteiger partial charge in [-0.2, -0.15) is 0 Å². The monoisotopic (exact) mass is 417 g/mol. The molecule has 0 fully saturated rings. The van der Waals surface area contributed by atoms with Gasteiger partial charge in [-0.15, -0.1) is 0 Å². The Kier molecular flexibility index (Phi) is 26.7. The molecule has 0 aromatic carbocycles. The van der Waals surface area contributed by atoms with Crippen LogP contribution in [0.5, 0.6) is 0 Å². The molecule has 0 amide bonds. The average molecular weight is 417 g/mol. The molecular formula is C14H20MnNO10-. The number of rotatable bonds is 7. The van der Waals surface area contributed by atoms with E-state index in [-0.39, 0.29) is 30.3 Å². The maximum Gasteiger partial charge on any atom is 0.330 e. The summed E-state index contributed by atoms with van der Waals surface area (Å²) in [5.74, 6) is -4.67. The molecule has 149 valence electrons. The van der Waals surface area contributed by atoms with Gasteiger partial charge >= 0.3 is 23.9 Å². The fourth-order valence-corrected chi connectivity index (χ4v) is 0.659. The van der Waals surface area contributed by atoms with E-state index in [0.717, 1.165) is 24.3 Å². The molecule has 4 N–H and O–H groups in total. The van der Waals surface area contributed by atoms with Gasteiger partial charge in [0.05, 0.1) is 13.2 Å².